The van der Waals surface area contributed by atoms with E-state index < -0.39 is 41.3 Å². The number of fused-ring (bicyclic) bond motifs is 1. The normalized spacial score (nSPS) is 17.7. The number of hydrogen-bond acceptors (Lipinski definition) is 8. The minimum absolute atomic E-state index is 0.0662. The second-order valence-corrected chi connectivity index (χ2v) is 9.84. The summed E-state index contributed by atoms with van der Waals surface area (Å²) >= 11 is 0. The van der Waals surface area contributed by atoms with Crippen LogP contribution in [0.3, 0.4) is 0 Å². The lowest BCUT2D eigenvalue weighted by Crippen LogP contribution is -2.51. The highest BCUT2D eigenvalue weighted by Gasteiger charge is 2.57. The first-order chi connectivity index (χ1) is 19.2. The molecule has 0 bridgehead atoms. The summed E-state index contributed by atoms with van der Waals surface area (Å²) in [5.41, 5.74) is 0.769. The molecule has 1 aliphatic rings. The molecule has 0 radical (unpaired) electrons. The van der Waals surface area contributed by atoms with Crippen LogP contribution in [0.5, 0.6) is 17.2 Å². The summed E-state index contributed by atoms with van der Waals surface area (Å²) in [6.07, 6.45) is -5.30. The predicted molar refractivity (Wildman–Crippen MR) is 138 cm³/mol. The number of ketones is 1. The lowest BCUT2D eigenvalue weighted by Gasteiger charge is -2.31. The highest BCUT2D eigenvalue weighted by molar-refractivity contribution is 5.95. The molecule has 1 aromatic heterocycles. The highest BCUT2D eigenvalue weighted by atomic mass is 19.4. The Labute approximate surface area is 232 Å². The van der Waals surface area contributed by atoms with Crippen LogP contribution in [0.15, 0.2) is 48.5 Å². The number of nitrogens with two attached hydrogens (primary N) is 1. The van der Waals surface area contributed by atoms with Gasteiger partial charge in [-0.3, -0.25) is 9.59 Å². The predicted octanol–water partition coefficient (Wildman–Crippen LogP) is 3.61. The van der Waals surface area contributed by atoms with Gasteiger partial charge in [-0.15, -0.1) is 0 Å². The Kier molecular flexibility index (Phi) is 7.96. The molecule has 218 valence electrons. The Hall–Kier alpha value is -4.23. The van der Waals surface area contributed by atoms with Crippen molar-refractivity contribution >= 4 is 11.7 Å². The largest absolute Gasteiger partial charge is 0.493 e. The van der Waals surface area contributed by atoms with Crippen LogP contribution in [0, 0.1) is 5.82 Å². The number of aromatic nitrogens is 1. The zero-order chi connectivity index (χ0) is 30.2. The number of nitrogens with one attached hydrogen (secondary N) is 1. The third kappa shape index (κ3) is 5.95. The van der Waals surface area contributed by atoms with Gasteiger partial charge >= 0.3 is 6.18 Å². The number of hydrogen-bond donors (Lipinski definition) is 3. The number of carbonyl (C=O) groups excluding carboxylic acids is 2. The van der Waals surface area contributed by atoms with Gasteiger partial charge in [0.1, 0.15) is 24.7 Å². The average molecular weight is 578 g/mol. The molecule has 13 heteroatoms. The molecular formula is C28H27F4N3O6. The number of rotatable bonds is 9. The van der Waals surface area contributed by atoms with Gasteiger partial charge in [-0.2, -0.15) is 13.2 Å². The quantitative estimate of drug-likeness (QED) is 0.329. The van der Waals surface area contributed by atoms with Crippen molar-refractivity contribution in [1.29, 1.82) is 0 Å². The Bertz CT molecular complexity index is 1480. The number of nitrogens with zero attached hydrogens (tertiary/aromatic N) is 1. The second kappa shape index (κ2) is 11.0. The summed E-state index contributed by atoms with van der Waals surface area (Å²) in [7, 11) is 1.28. The molecule has 4 rings (SSSR count). The minimum atomic E-state index is -5.30. The van der Waals surface area contributed by atoms with E-state index in [1.165, 1.54) is 44.4 Å². The smallest absolute Gasteiger partial charge is 0.424 e. The maximum absolute atomic E-state index is 14.5. The summed E-state index contributed by atoms with van der Waals surface area (Å²) in [4.78, 5) is 28.2. The standard InChI is InChI=1S/C28H27F4N3O6/c1-15(36)12-40-20-9-6-17(10-21(20)39-3)25(37)34-13-27(38,28(30,31)32)22-11-19-24(41-14-26(19,2)33)23(35-22)16-4-7-18(29)8-5-16/h4-11,38H,12-14,33H2,1-3H3,(H,34,37). The third-order valence-electron chi connectivity index (χ3n) is 6.48. The Morgan fingerprint density at radius 1 is 1.15 bits per heavy atom. The number of aliphatic hydroxyl groups is 1. The second-order valence-electron chi connectivity index (χ2n) is 9.84. The molecule has 0 fully saturated rings. The first-order valence-electron chi connectivity index (χ1n) is 12.3. The van der Waals surface area contributed by atoms with Crippen LogP contribution in [0.2, 0.25) is 0 Å². The van der Waals surface area contributed by atoms with Gasteiger partial charge in [-0.1, -0.05) is 0 Å². The molecule has 2 heterocycles. The van der Waals surface area contributed by atoms with E-state index in [-0.39, 0.29) is 58.6 Å². The van der Waals surface area contributed by atoms with E-state index in [1.54, 1.807) is 6.92 Å². The van der Waals surface area contributed by atoms with Crippen LogP contribution < -0.4 is 25.3 Å². The van der Waals surface area contributed by atoms with Crippen LogP contribution in [-0.4, -0.2) is 54.8 Å². The van der Waals surface area contributed by atoms with Crippen molar-refractivity contribution in [3.8, 4) is 28.5 Å². The van der Waals surface area contributed by atoms with Gasteiger partial charge in [0.25, 0.3) is 5.91 Å². The van der Waals surface area contributed by atoms with Crippen molar-refractivity contribution in [1.82, 2.24) is 10.3 Å². The van der Waals surface area contributed by atoms with Crippen molar-refractivity contribution in [3.05, 3.63) is 71.2 Å². The summed E-state index contributed by atoms with van der Waals surface area (Å²) in [6.45, 7) is 1.23. The van der Waals surface area contributed by atoms with Crippen LogP contribution in [0.1, 0.15) is 35.5 Å². The molecule has 3 aromatic rings. The number of ether oxygens (including phenoxy) is 3. The molecule has 2 unspecified atom stereocenters. The van der Waals surface area contributed by atoms with Gasteiger partial charge in [-0.25, -0.2) is 9.37 Å². The maximum atomic E-state index is 14.5. The topological polar surface area (TPSA) is 133 Å². The molecule has 9 nitrogen and oxygen atoms in total. The summed E-state index contributed by atoms with van der Waals surface area (Å²) < 4.78 is 73.1. The summed E-state index contributed by atoms with van der Waals surface area (Å²) in [5, 5.41) is 13.2. The number of carbonyl (C=O) groups is 2. The molecule has 0 saturated heterocycles. The highest BCUT2D eigenvalue weighted by Crippen LogP contribution is 2.46. The lowest BCUT2D eigenvalue weighted by atomic mass is 9.89. The van der Waals surface area contributed by atoms with Crippen molar-refractivity contribution in [2.24, 2.45) is 5.73 Å². The van der Waals surface area contributed by atoms with Crippen molar-refractivity contribution < 1.29 is 46.5 Å². The molecule has 0 spiro atoms. The average Bonchev–Trinajstić information content (AvgIpc) is 3.23. The summed E-state index contributed by atoms with van der Waals surface area (Å²) in [6, 6.07) is 9.63. The SMILES string of the molecule is COc1cc(C(=O)NCC(O)(c2cc3c(c(-c4ccc(F)cc4)n2)OCC3(C)N)C(F)(F)F)ccc1OCC(C)=O. The molecule has 41 heavy (non-hydrogen) atoms. The fourth-order valence-electron chi connectivity index (χ4n) is 4.17. The first kappa shape index (κ1) is 29.7. The van der Waals surface area contributed by atoms with E-state index in [1.807, 2.05) is 0 Å². The summed E-state index contributed by atoms with van der Waals surface area (Å²) in [5.74, 6) is -1.47. The number of amides is 1. The van der Waals surface area contributed by atoms with E-state index in [2.05, 4.69) is 10.3 Å². The molecule has 2 atom stereocenters. The fourth-order valence-corrected chi connectivity index (χ4v) is 4.17. The van der Waals surface area contributed by atoms with Gasteiger partial charge in [0.15, 0.2) is 23.0 Å². The first-order valence-corrected chi connectivity index (χ1v) is 12.3. The van der Waals surface area contributed by atoms with Gasteiger partial charge < -0.3 is 30.4 Å². The van der Waals surface area contributed by atoms with Crippen molar-refractivity contribution in [2.45, 2.75) is 31.2 Å². The van der Waals surface area contributed by atoms with Crippen molar-refractivity contribution in [2.75, 3.05) is 26.9 Å². The molecule has 1 aliphatic heterocycles. The van der Waals surface area contributed by atoms with Crippen LogP contribution in [-0.2, 0) is 15.9 Å². The number of pyridine rings is 1. The monoisotopic (exact) mass is 577 g/mol. The van der Waals surface area contributed by atoms with E-state index in [0.717, 1.165) is 18.2 Å². The van der Waals surface area contributed by atoms with Crippen LogP contribution in [0.25, 0.3) is 11.3 Å². The Morgan fingerprint density at radius 3 is 2.44 bits per heavy atom. The van der Waals surface area contributed by atoms with Gasteiger partial charge in [-0.05, 0) is 62.4 Å². The Morgan fingerprint density at radius 2 is 1.83 bits per heavy atom. The van der Waals surface area contributed by atoms with E-state index in [0.29, 0.717) is 0 Å². The Balaban J connectivity index is 1.70. The minimum Gasteiger partial charge on any atom is -0.493 e. The van der Waals surface area contributed by atoms with E-state index >= 15 is 0 Å². The number of halogens is 4. The van der Waals surface area contributed by atoms with Gasteiger partial charge in [0.05, 0.1) is 24.9 Å². The van der Waals surface area contributed by atoms with E-state index in [4.69, 9.17) is 19.9 Å². The molecular weight excluding hydrogens is 550 g/mol. The lowest BCUT2D eigenvalue weighted by molar-refractivity contribution is -0.265. The zero-order valence-electron chi connectivity index (χ0n) is 22.3. The molecule has 2 aromatic carbocycles. The number of benzene rings is 2. The molecule has 4 N–H and O–H groups in total. The third-order valence-corrected chi connectivity index (χ3v) is 6.48. The molecule has 0 aliphatic carbocycles. The fraction of sp³-hybridized carbons (Fsp3) is 0.321. The van der Waals surface area contributed by atoms with Crippen LogP contribution >= 0.6 is 0 Å². The molecule has 0 saturated carbocycles. The zero-order valence-corrected chi connectivity index (χ0v) is 22.3. The molecule has 1 amide bonds. The van der Waals surface area contributed by atoms with Crippen LogP contribution in [0.4, 0.5) is 17.6 Å². The number of alkyl halides is 3. The van der Waals surface area contributed by atoms with Gasteiger partial charge in [0, 0.05) is 16.7 Å². The van der Waals surface area contributed by atoms with E-state index in [9.17, 15) is 32.3 Å². The maximum Gasteiger partial charge on any atom is 0.424 e. The van der Waals surface area contributed by atoms with Crippen molar-refractivity contribution in [3.63, 3.8) is 0 Å². The van der Waals surface area contributed by atoms with Gasteiger partial charge in [0.2, 0.25) is 5.60 Å². The number of methoxy groups -OCH3 is 1. The number of Topliss-reactive ketones (excluding diaryl/α,β-unsaturated/α-hetero) is 1.